The van der Waals surface area contributed by atoms with E-state index in [1.807, 2.05) is 25.1 Å². The fraction of sp³-hybridized carbons (Fsp3) is 0.207. The summed E-state index contributed by atoms with van der Waals surface area (Å²) in [6, 6.07) is 15.5. The first-order valence-electron chi connectivity index (χ1n) is 12.8. The van der Waals surface area contributed by atoms with E-state index in [2.05, 4.69) is 25.1 Å². The van der Waals surface area contributed by atoms with Gasteiger partial charge in [-0.3, -0.25) is 9.69 Å². The van der Waals surface area contributed by atoms with Crippen LogP contribution < -0.4 is 15.0 Å². The third kappa shape index (κ3) is 7.04. The van der Waals surface area contributed by atoms with Crippen LogP contribution in [0.1, 0.15) is 16.7 Å². The molecule has 4 aromatic rings. The minimum Gasteiger partial charge on any atom is -0.406 e. The van der Waals surface area contributed by atoms with Crippen LogP contribution in [-0.4, -0.2) is 51.1 Å². The number of halogens is 3. The average Bonchev–Trinajstić information content (AvgIpc) is 3.58. The molecule has 0 bridgehead atoms. The Kier molecular flexibility index (Phi) is 8.50. The molecule has 1 aliphatic rings. The molecule has 3 aromatic carbocycles. The Hall–Kier alpha value is -4.69. The highest BCUT2D eigenvalue weighted by molar-refractivity contribution is 8.15. The van der Waals surface area contributed by atoms with E-state index < -0.39 is 12.4 Å². The Morgan fingerprint density at radius 1 is 1.09 bits per heavy atom. The summed E-state index contributed by atoms with van der Waals surface area (Å²) in [6.45, 7) is 4.01. The molecule has 43 heavy (non-hydrogen) atoms. The lowest BCUT2D eigenvalue weighted by Gasteiger charge is -2.20. The smallest absolute Gasteiger partial charge is 0.406 e. The van der Waals surface area contributed by atoms with E-state index in [1.165, 1.54) is 51.9 Å². The molecule has 1 aliphatic heterocycles. The largest absolute Gasteiger partial charge is 0.573 e. The number of carbonyl (C=O) groups is 2. The van der Waals surface area contributed by atoms with Crippen LogP contribution in [0.15, 0.2) is 72.0 Å². The Labute approximate surface area is 248 Å². The highest BCUT2D eigenvalue weighted by atomic mass is 32.2. The molecule has 0 atom stereocenters. The van der Waals surface area contributed by atoms with Crippen molar-refractivity contribution >= 4 is 40.2 Å². The molecule has 1 fully saturated rings. The number of benzene rings is 3. The topological polar surface area (TPSA) is 111 Å². The maximum Gasteiger partial charge on any atom is 0.573 e. The SMILES string of the molecule is COCc1ccc(C)cc1N1C(=O)CSC1=NC(=O)Nc1ccc(-c2ncn(-c3ccc(OC(F)(F)F)cc3)n2)cc1C. The lowest BCUT2D eigenvalue weighted by atomic mass is 10.1. The Morgan fingerprint density at radius 2 is 1.86 bits per heavy atom. The number of thioether (sulfide) groups is 1. The summed E-state index contributed by atoms with van der Waals surface area (Å²) in [4.78, 5) is 35.6. The molecular weight excluding hydrogens is 585 g/mol. The third-order valence-electron chi connectivity index (χ3n) is 6.30. The highest BCUT2D eigenvalue weighted by Crippen LogP contribution is 2.32. The van der Waals surface area contributed by atoms with E-state index in [4.69, 9.17) is 4.74 Å². The number of hydrogen-bond acceptors (Lipinski definition) is 7. The van der Waals surface area contributed by atoms with Crippen LogP contribution in [0.25, 0.3) is 17.1 Å². The lowest BCUT2D eigenvalue weighted by Crippen LogP contribution is -2.31. The summed E-state index contributed by atoms with van der Waals surface area (Å²) in [5, 5.41) is 7.45. The van der Waals surface area contributed by atoms with Crippen LogP contribution in [-0.2, 0) is 16.1 Å². The van der Waals surface area contributed by atoms with Crippen molar-refractivity contribution in [2.24, 2.45) is 4.99 Å². The number of urea groups is 1. The molecule has 1 aromatic heterocycles. The van der Waals surface area contributed by atoms with Gasteiger partial charge in [-0.1, -0.05) is 23.9 Å². The van der Waals surface area contributed by atoms with E-state index in [-0.39, 0.29) is 22.6 Å². The van der Waals surface area contributed by atoms with Gasteiger partial charge in [0.2, 0.25) is 5.91 Å². The van der Waals surface area contributed by atoms with Crippen LogP contribution in [0.5, 0.6) is 5.75 Å². The molecule has 0 spiro atoms. The molecule has 0 saturated carbocycles. The molecule has 10 nitrogen and oxygen atoms in total. The van der Waals surface area contributed by atoms with E-state index >= 15 is 0 Å². The van der Waals surface area contributed by atoms with Gasteiger partial charge in [-0.2, -0.15) is 4.99 Å². The maximum atomic E-state index is 12.9. The fourth-order valence-corrected chi connectivity index (χ4v) is 5.19. The number of anilines is 2. The number of nitrogens with zero attached hydrogens (tertiary/aromatic N) is 5. The normalized spacial score (nSPS) is 14.4. The number of nitrogens with one attached hydrogen (secondary N) is 1. The van der Waals surface area contributed by atoms with Crippen molar-refractivity contribution < 1.29 is 32.2 Å². The second-order valence-corrected chi connectivity index (χ2v) is 10.4. The lowest BCUT2D eigenvalue weighted by molar-refractivity contribution is -0.274. The van der Waals surface area contributed by atoms with Gasteiger partial charge in [-0.05, 0) is 73.5 Å². The van der Waals surface area contributed by atoms with Crippen LogP contribution in [0.4, 0.5) is 29.3 Å². The second-order valence-electron chi connectivity index (χ2n) is 9.49. The summed E-state index contributed by atoms with van der Waals surface area (Å²) >= 11 is 1.18. The molecule has 1 saturated heterocycles. The molecule has 14 heteroatoms. The molecule has 3 amide bonds. The van der Waals surface area contributed by atoms with Crippen molar-refractivity contribution in [1.29, 1.82) is 0 Å². The number of ether oxygens (including phenoxy) is 2. The number of aliphatic imine (C=N–C) groups is 1. The van der Waals surface area contributed by atoms with Gasteiger partial charge in [0.25, 0.3) is 0 Å². The zero-order valence-electron chi connectivity index (χ0n) is 23.2. The van der Waals surface area contributed by atoms with E-state index in [0.29, 0.717) is 40.6 Å². The van der Waals surface area contributed by atoms with Crippen molar-refractivity contribution in [2.75, 3.05) is 23.1 Å². The molecule has 222 valence electrons. The molecule has 0 radical (unpaired) electrons. The molecule has 1 N–H and O–H groups in total. The molecule has 2 heterocycles. The van der Waals surface area contributed by atoms with Gasteiger partial charge in [0.1, 0.15) is 12.1 Å². The number of methoxy groups -OCH3 is 1. The third-order valence-corrected chi connectivity index (χ3v) is 7.22. The van der Waals surface area contributed by atoms with Gasteiger partial charge in [-0.15, -0.1) is 18.3 Å². The minimum atomic E-state index is -4.78. The predicted octanol–water partition coefficient (Wildman–Crippen LogP) is 6.26. The number of rotatable bonds is 7. The van der Waals surface area contributed by atoms with Crippen molar-refractivity contribution in [2.45, 2.75) is 26.8 Å². The van der Waals surface area contributed by atoms with Crippen LogP contribution in [0.3, 0.4) is 0 Å². The number of aryl methyl sites for hydroxylation is 2. The first-order chi connectivity index (χ1) is 20.5. The van der Waals surface area contributed by atoms with Gasteiger partial charge in [-0.25, -0.2) is 14.5 Å². The molecular formula is C29H25F3N6O4S. The number of amidine groups is 1. The summed E-state index contributed by atoms with van der Waals surface area (Å²) in [7, 11) is 1.57. The van der Waals surface area contributed by atoms with Gasteiger partial charge < -0.3 is 14.8 Å². The first kappa shape index (κ1) is 29.8. The van der Waals surface area contributed by atoms with Gasteiger partial charge in [0.15, 0.2) is 11.0 Å². The Balaban J connectivity index is 1.30. The summed E-state index contributed by atoms with van der Waals surface area (Å²) in [5.74, 6) is 0.00783. The van der Waals surface area contributed by atoms with Crippen molar-refractivity contribution in [3.05, 3.63) is 83.7 Å². The molecule has 5 rings (SSSR count). The Bertz CT molecular complexity index is 1710. The Morgan fingerprint density at radius 3 is 2.56 bits per heavy atom. The monoisotopic (exact) mass is 610 g/mol. The standard InChI is InChI=1S/C29H25F3N6O4S/c1-17-4-5-20(14-41-3)24(12-17)38-25(39)15-43-28(38)35-27(40)34-23-11-6-19(13-18(23)2)26-33-16-37(36-26)21-7-9-22(10-8-21)42-29(30,31)32/h4-13,16H,14-15H2,1-3H3,(H,34,40). The van der Waals surface area contributed by atoms with E-state index in [0.717, 1.165) is 11.1 Å². The zero-order chi connectivity index (χ0) is 30.7. The van der Waals surface area contributed by atoms with E-state index in [1.54, 1.807) is 32.2 Å². The van der Waals surface area contributed by atoms with Gasteiger partial charge >= 0.3 is 12.4 Å². The first-order valence-corrected chi connectivity index (χ1v) is 13.8. The fourth-order valence-electron chi connectivity index (χ4n) is 4.33. The van der Waals surface area contributed by atoms with Crippen LogP contribution in [0, 0.1) is 13.8 Å². The number of hydrogen-bond donors (Lipinski definition) is 1. The van der Waals surface area contributed by atoms with Gasteiger partial charge in [0.05, 0.1) is 23.7 Å². The zero-order valence-corrected chi connectivity index (χ0v) is 24.0. The van der Waals surface area contributed by atoms with Crippen molar-refractivity contribution in [1.82, 2.24) is 14.8 Å². The van der Waals surface area contributed by atoms with E-state index in [9.17, 15) is 22.8 Å². The number of carbonyl (C=O) groups excluding carboxylic acids is 2. The summed E-state index contributed by atoms with van der Waals surface area (Å²) in [6.07, 6.45) is -3.34. The predicted molar refractivity (Wildman–Crippen MR) is 157 cm³/mol. The van der Waals surface area contributed by atoms with Crippen LogP contribution in [0.2, 0.25) is 0 Å². The molecule has 0 aliphatic carbocycles. The summed E-state index contributed by atoms with van der Waals surface area (Å²) in [5.41, 5.74) is 4.75. The van der Waals surface area contributed by atoms with Crippen molar-refractivity contribution in [3.63, 3.8) is 0 Å². The van der Waals surface area contributed by atoms with Crippen LogP contribution >= 0.6 is 11.8 Å². The number of aromatic nitrogens is 3. The highest BCUT2D eigenvalue weighted by Gasteiger charge is 2.32. The molecule has 0 unspecified atom stereocenters. The minimum absolute atomic E-state index is 0.158. The maximum absolute atomic E-state index is 12.9. The summed E-state index contributed by atoms with van der Waals surface area (Å²) < 4.78 is 47.9. The quantitative estimate of drug-likeness (QED) is 0.263. The van der Waals surface area contributed by atoms with Crippen molar-refractivity contribution in [3.8, 4) is 22.8 Å². The number of alkyl halides is 3. The average molecular weight is 611 g/mol. The second kappa shape index (κ2) is 12.3. The number of amides is 3. The van der Waals surface area contributed by atoms with Gasteiger partial charge in [0, 0.05) is 23.9 Å².